The molecule has 0 atom stereocenters. The molecule has 30 heavy (non-hydrogen) atoms. The second-order valence-electron chi connectivity index (χ2n) is 7.62. The summed E-state index contributed by atoms with van der Waals surface area (Å²) in [5, 5.41) is 12.5. The van der Waals surface area contributed by atoms with E-state index in [0.29, 0.717) is 5.92 Å². The number of ether oxygens (including phenoxy) is 1. The van der Waals surface area contributed by atoms with Crippen LogP contribution in [0.1, 0.15) is 25.0 Å². The van der Waals surface area contributed by atoms with Gasteiger partial charge in [-0.05, 0) is 61.2 Å². The number of anilines is 1. The Balaban J connectivity index is 1.75. The predicted octanol–water partition coefficient (Wildman–Crippen LogP) is 4.96. The summed E-state index contributed by atoms with van der Waals surface area (Å²) >= 11 is 1.40. The zero-order valence-electron chi connectivity index (χ0n) is 18.1. The largest absolute Gasteiger partial charge is 0.497 e. The Morgan fingerprint density at radius 1 is 1.13 bits per heavy atom. The molecule has 0 saturated carbocycles. The van der Waals surface area contributed by atoms with Crippen LogP contribution in [0.3, 0.4) is 0 Å². The lowest BCUT2D eigenvalue weighted by molar-refractivity contribution is -0.113. The van der Waals surface area contributed by atoms with Crippen molar-refractivity contribution in [3.05, 3.63) is 53.6 Å². The van der Waals surface area contributed by atoms with Gasteiger partial charge in [-0.25, -0.2) is 0 Å². The number of methoxy groups -OCH3 is 1. The van der Waals surface area contributed by atoms with E-state index in [1.165, 1.54) is 11.8 Å². The van der Waals surface area contributed by atoms with E-state index >= 15 is 0 Å². The van der Waals surface area contributed by atoms with Gasteiger partial charge in [0.2, 0.25) is 5.91 Å². The van der Waals surface area contributed by atoms with Crippen molar-refractivity contribution in [3.8, 4) is 17.1 Å². The van der Waals surface area contributed by atoms with Crippen LogP contribution in [0.2, 0.25) is 0 Å². The first kappa shape index (κ1) is 21.9. The van der Waals surface area contributed by atoms with E-state index in [0.717, 1.165) is 45.7 Å². The number of nitrogens with zero attached hydrogens (tertiary/aromatic N) is 3. The minimum absolute atomic E-state index is 0.0567. The highest BCUT2D eigenvalue weighted by Crippen LogP contribution is 2.27. The first-order valence-corrected chi connectivity index (χ1v) is 10.9. The maximum Gasteiger partial charge on any atom is 0.234 e. The van der Waals surface area contributed by atoms with Crippen LogP contribution in [-0.2, 0) is 11.3 Å². The topological polar surface area (TPSA) is 69.0 Å². The molecule has 0 aliphatic heterocycles. The van der Waals surface area contributed by atoms with Crippen molar-refractivity contribution in [1.82, 2.24) is 14.8 Å². The van der Waals surface area contributed by atoms with Crippen molar-refractivity contribution in [2.45, 2.75) is 39.4 Å². The maximum absolute atomic E-state index is 12.5. The van der Waals surface area contributed by atoms with Crippen LogP contribution in [0.5, 0.6) is 5.75 Å². The monoisotopic (exact) mass is 424 g/mol. The second-order valence-corrected chi connectivity index (χ2v) is 8.57. The average molecular weight is 425 g/mol. The summed E-state index contributed by atoms with van der Waals surface area (Å²) in [5.74, 6) is 2.22. The third-order valence-electron chi connectivity index (χ3n) is 4.82. The minimum Gasteiger partial charge on any atom is -0.497 e. The number of thioether (sulfide) groups is 1. The summed E-state index contributed by atoms with van der Waals surface area (Å²) in [5.41, 5.74) is 4.06. The van der Waals surface area contributed by atoms with Crippen LogP contribution in [0.15, 0.2) is 47.6 Å². The summed E-state index contributed by atoms with van der Waals surface area (Å²) in [4.78, 5) is 12.5. The van der Waals surface area contributed by atoms with E-state index in [-0.39, 0.29) is 11.7 Å². The molecule has 1 aromatic heterocycles. The lowest BCUT2D eigenvalue weighted by atomic mass is 10.1. The van der Waals surface area contributed by atoms with Crippen LogP contribution >= 0.6 is 11.8 Å². The summed E-state index contributed by atoms with van der Waals surface area (Å²) in [7, 11) is 1.65. The fourth-order valence-electron chi connectivity index (χ4n) is 3.08. The molecule has 0 spiro atoms. The molecule has 0 saturated heterocycles. The minimum atomic E-state index is -0.0567. The number of amides is 1. The average Bonchev–Trinajstić information content (AvgIpc) is 3.11. The Hall–Kier alpha value is -2.80. The molecule has 0 unspecified atom stereocenters. The van der Waals surface area contributed by atoms with Crippen molar-refractivity contribution < 1.29 is 9.53 Å². The summed E-state index contributed by atoms with van der Waals surface area (Å²) in [6.45, 7) is 9.13. The molecular formula is C23H28N4O2S. The summed E-state index contributed by atoms with van der Waals surface area (Å²) < 4.78 is 7.33. The maximum atomic E-state index is 12.5. The van der Waals surface area contributed by atoms with Gasteiger partial charge in [-0.2, -0.15) is 0 Å². The molecule has 0 aliphatic rings. The molecule has 2 aromatic carbocycles. The van der Waals surface area contributed by atoms with Crippen LogP contribution < -0.4 is 10.1 Å². The Morgan fingerprint density at radius 3 is 2.53 bits per heavy atom. The number of carbonyl (C=O) groups is 1. The molecule has 1 N–H and O–H groups in total. The Bertz CT molecular complexity index is 1010. The number of rotatable bonds is 8. The number of aromatic nitrogens is 3. The summed E-state index contributed by atoms with van der Waals surface area (Å²) in [6, 6.07) is 13.7. The molecule has 158 valence electrons. The van der Waals surface area contributed by atoms with Crippen LogP contribution in [0.25, 0.3) is 11.4 Å². The number of aryl methyl sites for hydroxylation is 1. The number of nitrogens with one attached hydrogen (secondary N) is 1. The zero-order chi connectivity index (χ0) is 21.7. The van der Waals surface area contributed by atoms with Gasteiger partial charge >= 0.3 is 0 Å². The molecule has 1 heterocycles. The lowest BCUT2D eigenvalue weighted by Gasteiger charge is -2.13. The highest BCUT2D eigenvalue weighted by Gasteiger charge is 2.17. The normalized spacial score (nSPS) is 11.0. The Kier molecular flexibility index (Phi) is 7.15. The zero-order valence-corrected chi connectivity index (χ0v) is 18.9. The van der Waals surface area contributed by atoms with Crippen LogP contribution in [0.4, 0.5) is 5.69 Å². The van der Waals surface area contributed by atoms with Crippen molar-refractivity contribution in [2.24, 2.45) is 5.92 Å². The molecule has 0 radical (unpaired) electrons. The van der Waals surface area contributed by atoms with Crippen LogP contribution in [0, 0.1) is 19.8 Å². The Labute approximate surface area is 182 Å². The van der Waals surface area contributed by atoms with E-state index in [1.807, 2.05) is 56.3 Å². The van der Waals surface area contributed by atoms with Crippen molar-refractivity contribution >= 4 is 23.4 Å². The third-order valence-corrected chi connectivity index (χ3v) is 5.79. The molecule has 3 rings (SSSR count). The quantitative estimate of drug-likeness (QED) is 0.518. The van der Waals surface area contributed by atoms with E-state index < -0.39 is 0 Å². The van der Waals surface area contributed by atoms with Crippen molar-refractivity contribution in [2.75, 3.05) is 18.2 Å². The van der Waals surface area contributed by atoms with Gasteiger partial charge in [0.05, 0.1) is 12.9 Å². The van der Waals surface area contributed by atoms with Gasteiger partial charge in [-0.15, -0.1) is 10.2 Å². The van der Waals surface area contributed by atoms with Crippen molar-refractivity contribution in [3.63, 3.8) is 0 Å². The highest BCUT2D eigenvalue weighted by atomic mass is 32.2. The van der Waals surface area contributed by atoms with Gasteiger partial charge < -0.3 is 14.6 Å². The molecule has 0 fully saturated rings. The van der Waals surface area contributed by atoms with Gasteiger partial charge in [0.15, 0.2) is 11.0 Å². The molecular weight excluding hydrogens is 396 g/mol. The van der Waals surface area contributed by atoms with Gasteiger partial charge in [0.25, 0.3) is 0 Å². The van der Waals surface area contributed by atoms with Gasteiger partial charge in [-0.3, -0.25) is 4.79 Å². The third kappa shape index (κ3) is 5.21. The van der Waals surface area contributed by atoms with E-state index in [2.05, 4.69) is 33.9 Å². The molecule has 0 aliphatic carbocycles. The molecule has 3 aromatic rings. The van der Waals surface area contributed by atoms with Gasteiger partial charge in [0, 0.05) is 17.8 Å². The van der Waals surface area contributed by atoms with Crippen molar-refractivity contribution in [1.29, 1.82) is 0 Å². The van der Waals surface area contributed by atoms with Gasteiger partial charge in [-0.1, -0.05) is 37.7 Å². The SMILES string of the molecule is COc1ccc(-c2nnc(SCC(=O)Nc3cccc(C)c3C)n2CC(C)C)cc1. The lowest BCUT2D eigenvalue weighted by Crippen LogP contribution is -2.16. The predicted molar refractivity (Wildman–Crippen MR) is 122 cm³/mol. The second kappa shape index (κ2) is 9.80. The molecule has 7 heteroatoms. The molecule has 1 amide bonds. The number of hydrogen-bond donors (Lipinski definition) is 1. The fourth-order valence-corrected chi connectivity index (χ4v) is 3.83. The van der Waals surface area contributed by atoms with E-state index in [9.17, 15) is 4.79 Å². The fraction of sp³-hybridized carbons (Fsp3) is 0.348. The summed E-state index contributed by atoms with van der Waals surface area (Å²) in [6.07, 6.45) is 0. The first-order chi connectivity index (χ1) is 14.4. The smallest absolute Gasteiger partial charge is 0.234 e. The van der Waals surface area contributed by atoms with Crippen LogP contribution in [-0.4, -0.2) is 33.5 Å². The van der Waals surface area contributed by atoms with Gasteiger partial charge in [0.1, 0.15) is 5.75 Å². The first-order valence-electron chi connectivity index (χ1n) is 9.95. The van der Waals surface area contributed by atoms with E-state index in [1.54, 1.807) is 7.11 Å². The standard InChI is InChI=1S/C23H28N4O2S/c1-15(2)13-27-22(18-9-11-19(29-5)12-10-18)25-26-23(27)30-14-21(28)24-20-8-6-7-16(3)17(20)4/h6-12,15H,13-14H2,1-5H3,(H,24,28). The molecule has 0 bridgehead atoms. The number of benzene rings is 2. The Morgan fingerprint density at radius 2 is 1.87 bits per heavy atom. The molecule has 6 nitrogen and oxygen atoms in total. The van der Waals surface area contributed by atoms with E-state index in [4.69, 9.17) is 4.74 Å². The number of carbonyl (C=O) groups excluding carboxylic acids is 1. The number of hydrogen-bond acceptors (Lipinski definition) is 5. The highest BCUT2D eigenvalue weighted by molar-refractivity contribution is 7.99.